The highest BCUT2D eigenvalue weighted by Crippen LogP contribution is 2.31. The number of rotatable bonds is 9. The summed E-state index contributed by atoms with van der Waals surface area (Å²) in [5.74, 6) is 0.208. The maximum atomic E-state index is 14.1. The number of aliphatic hydroxyl groups is 1. The van der Waals surface area contributed by atoms with Crippen molar-refractivity contribution < 1.29 is 9.90 Å². The molecule has 1 atom stereocenters. The molecule has 2 saturated heterocycles. The van der Waals surface area contributed by atoms with Gasteiger partial charge in [0.15, 0.2) is 0 Å². The molecule has 1 aromatic rings. The molecule has 5 rings (SSSR count). The van der Waals surface area contributed by atoms with Gasteiger partial charge in [-0.1, -0.05) is 32.1 Å². The molecule has 0 spiro atoms. The largest absolute Gasteiger partial charge is 0.389 e. The van der Waals surface area contributed by atoms with Crippen LogP contribution in [0.4, 0.5) is 5.69 Å². The quantitative estimate of drug-likeness (QED) is 0.467. The summed E-state index contributed by atoms with van der Waals surface area (Å²) in [5, 5.41) is 11.0. The average molecular weight is 568 g/mol. The lowest BCUT2D eigenvalue weighted by atomic mass is 9.93. The van der Waals surface area contributed by atoms with Crippen molar-refractivity contribution in [2.24, 2.45) is 0 Å². The molecule has 41 heavy (non-hydrogen) atoms. The Bertz CT molecular complexity index is 948. The van der Waals surface area contributed by atoms with E-state index in [9.17, 15) is 9.90 Å². The molecular weight excluding hydrogens is 510 g/mol. The molecule has 4 aliphatic rings. The van der Waals surface area contributed by atoms with Gasteiger partial charge in [0.2, 0.25) is 0 Å². The Labute approximate surface area is 249 Å². The van der Waals surface area contributed by atoms with Crippen LogP contribution in [0.25, 0.3) is 0 Å². The topological polar surface area (TPSA) is 53.5 Å². The highest BCUT2D eigenvalue weighted by atomic mass is 16.3. The van der Waals surface area contributed by atoms with Gasteiger partial charge >= 0.3 is 0 Å². The number of nitrogens with zero attached hydrogens (tertiary/aromatic N) is 5. The first kappa shape index (κ1) is 30.8. The van der Waals surface area contributed by atoms with Crippen LogP contribution in [-0.2, 0) is 0 Å². The standard InChI is InChI=1S/C34H57N5O2/c1-28(2)36-22-24-38(25-23-36)31-14-12-30(13-15-31)33(40)39(32-10-5-4-6-11-32)26-29(3)37-19-9-18-35(20-21-37)27-34(41)16-7-8-17-34/h12-15,28-29,32,41H,4-11,16-27H2,1-3H3. The molecule has 1 N–H and O–H groups in total. The molecule has 7 heteroatoms. The van der Waals surface area contributed by atoms with Gasteiger partial charge in [-0.25, -0.2) is 0 Å². The fourth-order valence-electron chi connectivity index (χ4n) is 7.87. The Morgan fingerprint density at radius 1 is 0.829 bits per heavy atom. The molecule has 2 saturated carbocycles. The van der Waals surface area contributed by atoms with Gasteiger partial charge in [0.25, 0.3) is 5.91 Å². The first-order valence-corrected chi connectivity index (χ1v) is 16.9. The van der Waals surface area contributed by atoms with Crippen molar-refractivity contribution in [2.45, 2.75) is 109 Å². The molecule has 2 aliphatic carbocycles. The van der Waals surface area contributed by atoms with Gasteiger partial charge in [0.05, 0.1) is 5.60 Å². The third-order valence-corrected chi connectivity index (χ3v) is 10.6. The second kappa shape index (κ2) is 14.2. The lowest BCUT2D eigenvalue weighted by Crippen LogP contribution is -2.50. The van der Waals surface area contributed by atoms with E-state index in [0.29, 0.717) is 18.1 Å². The highest BCUT2D eigenvalue weighted by Gasteiger charge is 2.34. The molecule has 2 aliphatic heterocycles. The van der Waals surface area contributed by atoms with Crippen LogP contribution in [-0.4, -0.2) is 120 Å². The van der Waals surface area contributed by atoms with Crippen molar-refractivity contribution in [3.8, 4) is 0 Å². The summed E-state index contributed by atoms with van der Waals surface area (Å²) in [6, 6.07) is 9.76. The summed E-state index contributed by atoms with van der Waals surface area (Å²) in [6.07, 6.45) is 11.4. The van der Waals surface area contributed by atoms with E-state index in [1.165, 1.54) is 24.9 Å². The van der Waals surface area contributed by atoms with Crippen LogP contribution in [0.15, 0.2) is 24.3 Å². The second-order valence-corrected chi connectivity index (χ2v) is 13.9. The van der Waals surface area contributed by atoms with Crippen LogP contribution in [0.1, 0.15) is 95.3 Å². The van der Waals surface area contributed by atoms with Crippen molar-refractivity contribution in [1.29, 1.82) is 0 Å². The van der Waals surface area contributed by atoms with E-state index < -0.39 is 5.60 Å². The maximum Gasteiger partial charge on any atom is 0.254 e. The molecule has 230 valence electrons. The molecule has 4 fully saturated rings. The van der Waals surface area contributed by atoms with Gasteiger partial charge in [0.1, 0.15) is 0 Å². The lowest BCUT2D eigenvalue weighted by Gasteiger charge is -2.39. The zero-order chi connectivity index (χ0) is 28.8. The lowest BCUT2D eigenvalue weighted by molar-refractivity contribution is 0.00991. The SMILES string of the molecule is CC(C)N1CCN(c2ccc(C(=O)N(CC(C)N3CCCN(CC4(O)CCCC4)CC3)C3CCCCC3)cc2)CC1. The molecule has 2 heterocycles. The van der Waals surface area contributed by atoms with Crippen molar-refractivity contribution in [3.63, 3.8) is 0 Å². The molecule has 1 amide bonds. The van der Waals surface area contributed by atoms with Crippen molar-refractivity contribution in [2.75, 3.05) is 70.3 Å². The molecular formula is C34H57N5O2. The Morgan fingerprint density at radius 3 is 2.15 bits per heavy atom. The maximum absolute atomic E-state index is 14.1. The third kappa shape index (κ3) is 8.04. The van der Waals surface area contributed by atoms with E-state index in [4.69, 9.17) is 0 Å². The number of amides is 1. The smallest absolute Gasteiger partial charge is 0.254 e. The number of hydrogen-bond donors (Lipinski definition) is 1. The zero-order valence-corrected chi connectivity index (χ0v) is 26.3. The van der Waals surface area contributed by atoms with E-state index in [2.05, 4.69) is 69.5 Å². The molecule has 0 radical (unpaired) electrons. The first-order chi connectivity index (χ1) is 19.8. The van der Waals surface area contributed by atoms with Gasteiger partial charge in [-0.3, -0.25) is 19.5 Å². The van der Waals surface area contributed by atoms with Crippen LogP contribution in [0.2, 0.25) is 0 Å². The van der Waals surface area contributed by atoms with Gasteiger partial charge < -0.3 is 14.9 Å². The summed E-state index contributed by atoms with van der Waals surface area (Å²) in [7, 11) is 0. The van der Waals surface area contributed by atoms with E-state index in [-0.39, 0.29) is 5.91 Å². The summed E-state index contributed by atoms with van der Waals surface area (Å²) in [4.78, 5) is 26.4. The molecule has 0 aromatic heterocycles. The molecule has 7 nitrogen and oxygen atoms in total. The van der Waals surface area contributed by atoms with E-state index in [0.717, 1.165) is 116 Å². The minimum atomic E-state index is -0.469. The number of benzene rings is 1. The summed E-state index contributed by atoms with van der Waals surface area (Å²) in [5.41, 5.74) is 1.60. The fourth-order valence-corrected chi connectivity index (χ4v) is 7.87. The van der Waals surface area contributed by atoms with Crippen molar-refractivity contribution >= 4 is 11.6 Å². The number of carbonyl (C=O) groups is 1. The van der Waals surface area contributed by atoms with Crippen LogP contribution in [0.5, 0.6) is 0 Å². The molecule has 1 aromatic carbocycles. The number of piperazine rings is 1. The van der Waals surface area contributed by atoms with Crippen molar-refractivity contribution in [3.05, 3.63) is 29.8 Å². The third-order valence-electron chi connectivity index (χ3n) is 10.6. The number of anilines is 1. The van der Waals surface area contributed by atoms with Gasteiger partial charge in [-0.2, -0.15) is 0 Å². The average Bonchev–Trinajstić information content (AvgIpc) is 3.29. The Kier molecular flexibility index (Phi) is 10.7. The Balaban J connectivity index is 1.20. The molecule has 0 bridgehead atoms. The van der Waals surface area contributed by atoms with Crippen LogP contribution in [0.3, 0.4) is 0 Å². The van der Waals surface area contributed by atoms with Crippen LogP contribution in [0, 0.1) is 0 Å². The predicted molar refractivity (Wildman–Crippen MR) is 169 cm³/mol. The number of carbonyl (C=O) groups excluding carboxylic acids is 1. The Morgan fingerprint density at radius 2 is 1.49 bits per heavy atom. The normalized spacial score (nSPS) is 24.5. The second-order valence-electron chi connectivity index (χ2n) is 13.9. The molecule has 1 unspecified atom stereocenters. The van der Waals surface area contributed by atoms with Crippen LogP contribution >= 0.6 is 0 Å². The zero-order valence-electron chi connectivity index (χ0n) is 26.3. The van der Waals surface area contributed by atoms with Gasteiger partial charge in [-0.05, 0) is 90.2 Å². The predicted octanol–water partition coefficient (Wildman–Crippen LogP) is 4.69. The monoisotopic (exact) mass is 567 g/mol. The van der Waals surface area contributed by atoms with Gasteiger partial charge in [-0.15, -0.1) is 0 Å². The summed E-state index contributed by atoms with van der Waals surface area (Å²) in [6.45, 7) is 16.9. The minimum Gasteiger partial charge on any atom is -0.389 e. The first-order valence-electron chi connectivity index (χ1n) is 16.9. The Hall–Kier alpha value is -1.67. The van der Waals surface area contributed by atoms with E-state index in [1.807, 2.05) is 0 Å². The summed E-state index contributed by atoms with van der Waals surface area (Å²) < 4.78 is 0. The minimum absolute atomic E-state index is 0.208. The fraction of sp³-hybridized carbons (Fsp3) is 0.794. The highest BCUT2D eigenvalue weighted by molar-refractivity contribution is 5.94. The van der Waals surface area contributed by atoms with Crippen molar-refractivity contribution in [1.82, 2.24) is 19.6 Å². The summed E-state index contributed by atoms with van der Waals surface area (Å²) >= 11 is 0. The van der Waals surface area contributed by atoms with Crippen LogP contribution < -0.4 is 4.90 Å². The van der Waals surface area contributed by atoms with Gasteiger partial charge in [0, 0.05) is 81.7 Å². The van der Waals surface area contributed by atoms with E-state index >= 15 is 0 Å². The van der Waals surface area contributed by atoms with E-state index in [1.54, 1.807) is 0 Å². The number of hydrogen-bond acceptors (Lipinski definition) is 6. The number of β-amino-alcohol motifs (C(OH)–C–C–N with tert-alkyl or cyclic N) is 1.